The van der Waals surface area contributed by atoms with E-state index in [0.717, 1.165) is 17.4 Å². The Bertz CT molecular complexity index is 784. The number of hydrogen-bond acceptors (Lipinski definition) is 6. The van der Waals surface area contributed by atoms with Crippen molar-refractivity contribution in [2.45, 2.75) is 31.8 Å². The van der Waals surface area contributed by atoms with Gasteiger partial charge in [0.25, 0.3) is 0 Å². The van der Waals surface area contributed by atoms with Gasteiger partial charge in [0.2, 0.25) is 5.79 Å². The van der Waals surface area contributed by atoms with Crippen LogP contribution in [0.25, 0.3) is 11.0 Å². The Labute approximate surface area is 145 Å². The number of nitrogens with zero attached hydrogens (tertiary/aromatic N) is 3. The lowest BCUT2D eigenvalue weighted by atomic mass is 10.2. The third-order valence-electron chi connectivity index (χ3n) is 4.15. The van der Waals surface area contributed by atoms with Crippen LogP contribution in [0.4, 0.5) is 0 Å². The zero-order chi connectivity index (χ0) is 17.1. The molecule has 1 fully saturated rings. The molecule has 1 aliphatic rings. The summed E-state index contributed by atoms with van der Waals surface area (Å²) in [5, 5.41) is 5.19. The maximum Gasteiger partial charge on any atom is 0.249 e. The summed E-state index contributed by atoms with van der Waals surface area (Å²) >= 11 is 0. The first kappa shape index (κ1) is 16.3. The highest BCUT2D eigenvalue weighted by atomic mass is 16.8. The van der Waals surface area contributed by atoms with Gasteiger partial charge in [-0.25, -0.2) is 9.67 Å². The minimum Gasteiger partial charge on any atom is -0.455 e. The topological polar surface area (TPSA) is 71.5 Å². The Morgan fingerprint density at radius 2 is 2.28 bits per heavy atom. The van der Waals surface area contributed by atoms with Crippen LogP contribution in [-0.2, 0) is 26.5 Å². The fourth-order valence-electron chi connectivity index (χ4n) is 2.99. The van der Waals surface area contributed by atoms with E-state index >= 15 is 0 Å². The highest BCUT2D eigenvalue weighted by molar-refractivity contribution is 5.77. The summed E-state index contributed by atoms with van der Waals surface area (Å²) in [6.07, 6.45) is 3.95. The molecule has 0 radical (unpaired) electrons. The number of rotatable bonds is 7. The molecular formula is C18H21N3O4. The molecule has 2 atom stereocenters. The monoisotopic (exact) mass is 343 g/mol. The van der Waals surface area contributed by atoms with Gasteiger partial charge >= 0.3 is 0 Å². The van der Waals surface area contributed by atoms with Crippen molar-refractivity contribution in [2.75, 3.05) is 19.8 Å². The lowest BCUT2D eigenvalue weighted by molar-refractivity contribution is -0.203. The first-order valence-corrected chi connectivity index (χ1v) is 8.50. The van der Waals surface area contributed by atoms with Gasteiger partial charge < -0.3 is 18.6 Å². The molecule has 0 saturated carbocycles. The quantitative estimate of drug-likeness (QED) is 0.614. The van der Waals surface area contributed by atoms with E-state index in [9.17, 15) is 0 Å². The number of para-hydroxylation sites is 1. The van der Waals surface area contributed by atoms with Crippen LogP contribution < -0.4 is 0 Å². The van der Waals surface area contributed by atoms with Gasteiger partial charge in [-0.3, -0.25) is 0 Å². The standard InChI is InChI=1S/C18H21N3O4/c1-2-7-22-9-15-10-23-18(25-15,11-21-13-19-12-20-21)17-8-14-5-3-4-6-16(14)24-17/h3-6,8,12-13,15H,2,7,9-11H2,1H3. The van der Waals surface area contributed by atoms with Crippen LogP contribution in [0.2, 0.25) is 0 Å². The van der Waals surface area contributed by atoms with E-state index in [0.29, 0.717) is 32.1 Å². The molecule has 1 aromatic carbocycles. The lowest BCUT2D eigenvalue weighted by Crippen LogP contribution is -2.34. The summed E-state index contributed by atoms with van der Waals surface area (Å²) in [6.45, 7) is 4.08. The molecule has 0 N–H and O–H groups in total. The van der Waals surface area contributed by atoms with Crippen molar-refractivity contribution in [1.29, 1.82) is 0 Å². The minimum atomic E-state index is -1.03. The molecule has 25 heavy (non-hydrogen) atoms. The molecule has 2 unspecified atom stereocenters. The smallest absolute Gasteiger partial charge is 0.249 e. The Balaban J connectivity index is 1.62. The van der Waals surface area contributed by atoms with E-state index < -0.39 is 5.79 Å². The lowest BCUT2D eigenvalue weighted by Gasteiger charge is -2.25. The second-order valence-electron chi connectivity index (χ2n) is 6.12. The van der Waals surface area contributed by atoms with E-state index in [1.807, 2.05) is 30.3 Å². The van der Waals surface area contributed by atoms with Crippen LogP contribution in [0.3, 0.4) is 0 Å². The molecule has 2 aromatic heterocycles. The molecule has 3 heterocycles. The van der Waals surface area contributed by atoms with Crippen LogP contribution in [0.5, 0.6) is 0 Å². The van der Waals surface area contributed by atoms with Crippen molar-refractivity contribution < 1.29 is 18.6 Å². The second kappa shape index (κ2) is 6.95. The number of hydrogen-bond donors (Lipinski definition) is 0. The molecular weight excluding hydrogens is 322 g/mol. The number of benzene rings is 1. The average molecular weight is 343 g/mol. The van der Waals surface area contributed by atoms with E-state index in [4.69, 9.17) is 18.6 Å². The van der Waals surface area contributed by atoms with Crippen LogP contribution in [-0.4, -0.2) is 40.7 Å². The van der Waals surface area contributed by atoms with Crippen molar-refractivity contribution >= 4 is 11.0 Å². The molecule has 3 aromatic rings. The summed E-state index contributed by atoms with van der Waals surface area (Å²) in [7, 11) is 0. The van der Waals surface area contributed by atoms with Crippen molar-refractivity contribution in [3.8, 4) is 0 Å². The summed E-state index contributed by atoms with van der Waals surface area (Å²) in [4.78, 5) is 4.00. The second-order valence-corrected chi connectivity index (χ2v) is 6.12. The third-order valence-corrected chi connectivity index (χ3v) is 4.15. The van der Waals surface area contributed by atoms with Gasteiger partial charge in [-0.1, -0.05) is 25.1 Å². The highest BCUT2D eigenvalue weighted by Crippen LogP contribution is 2.38. The summed E-state index contributed by atoms with van der Waals surface area (Å²) in [5.74, 6) is -0.408. The average Bonchev–Trinajstić information content (AvgIpc) is 3.35. The summed E-state index contributed by atoms with van der Waals surface area (Å²) in [5.41, 5.74) is 0.799. The SMILES string of the molecule is CCCOCC1COC(Cn2cncn2)(c2cc3ccccc3o2)O1. The molecule has 1 aliphatic heterocycles. The molecule has 0 bridgehead atoms. The van der Waals surface area contributed by atoms with Gasteiger partial charge in [0.1, 0.15) is 30.9 Å². The molecule has 0 amide bonds. The van der Waals surface area contributed by atoms with Crippen molar-refractivity contribution in [3.05, 3.63) is 48.7 Å². The van der Waals surface area contributed by atoms with Crippen LogP contribution in [0.1, 0.15) is 19.1 Å². The molecule has 7 heteroatoms. The Morgan fingerprint density at radius 1 is 1.36 bits per heavy atom. The number of fused-ring (bicyclic) bond motifs is 1. The predicted molar refractivity (Wildman–Crippen MR) is 89.8 cm³/mol. The van der Waals surface area contributed by atoms with E-state index in [-0.39, 0.29) is 6.10 Å². The summed E-state index contributed by atoms with van der Waals surface area (Å²) in [6, 6.07) is 9.81. The zero-order valence-corrected chi connectivity index (χ0v) is 14.1. The molecule has 1 saturated heterocycles. The maximum atomic E-state index is 6.25. The van der Waals surface area contributed by atoms with Gasteiger partial charge in [-0.05, 0) is 18.6 Å². The van der Waals surface area contributed by atoms with Crippen molar-refractivity contribution in [2.24, 2.45) is 0 Å². The minimum absolute atomic E-state index is 0.150. The van der Waals surface area contributed by atoms with Crippen LogP contribution >= 0.6 is 0 Å². The fourth-order valence-corrected chi connectivity index (χ4v) is 2.99. The molecule has 4 rings (SSSR count). The number of furan rings is 1. The van der Waals surface area contributed by atoms with Crippen molar-refractivity contribution in [3.63, 3.8) is 0 Å². The molecule has 132 valence electrons. The van der Waals surface area contributed by atoms with Crippen LogP contribution in [0.15, 0.2) is 47.4 Å². The largest absolute Gasteiger partial charge is 0.455 e. The summed E-state index contributed by atoms with van der Waals surface area (Å²) < 4.78 is 25.7. The maximum absolute atomic E-state index is 6.25. The Hall–Kier alpha value is -2.22. The number of aromatic nitrogens is 3. The first-order valence-electron chi connectivity index (χ1n) is 8.50. The molecule has 0 spiro atoms. The van der Waals surface area contributed by atoms with E-state index in [1.54, 1.807) is 11.0 Å². The highest BCUT2D eigenvalue weighted by Gasteiger charge is 2.47. The zero-order valence-electron chi connectivity index (χ0n) is 14.1. The Kier molecular flexibility index (Phi) is 4.52. The van der Waals surface area contributed by atoms with Gasteiger partial charge in [-0.2, -0.15) is 5.10 Å². The fraction of sp³-hybridized carbons (Fsp3) is 0.444. The van der Waals surface area contributed by atoms with Gasteiger partial charge in [0, 0.05) is 12.0 Å². The molecule has 0 aliphatic carbocycles. The van der Waals surface area contributed by atoms with Gasteiger partial charge in [0.15, 0.2) is 5.76 Å². The van der Waals surface area contributed by atoms with E-state index in [1.165, 1.54) is 6.33 Å². The van der Waals surface area contributed by atoms with Gasteiger partial charge in [0.05, 0.1) is 13.2 Å². The first-order chi connectivity index (χ1) is 12.3. The molecule has 7 nitrogen and oxygen atoms in total. The third kappa shape index (κ3) is 3.30. The van der Waals surface area contributed by atoms with Crippen molar-refractivity contribution in [1.82, 2.24) is 14.8 Å². The van der Waals surface area contributed by atoms with Crippen LogP contribution in [0, 0.1) is 0 Å². The number of ether oxygens (including phenoxy) is 3. The van der Waals surface area contributed by atoms with E-state index in [2.05, 4.69) is 17.0 Å². The van der Waals surface area contributed by atoms with Gasteiger partial charge in [-0.15, -0.1) is 0 Å². The Morgan fingerprint density at radius 3 is 3.08 bits per heavy atom. The normalized spacial score (nSPS) is 23.5. The predicted octanol–water partition coefficient (Wildman–Crippen LogP) is 2.72.